The molecule has 0 heterocycles. The molecule has 0 atom stereocenters. The summed E-state index contributed by atoms with van der Waals surface area (Å²) in [6.07, 6.45) is 0. The van der Waals surface area contributed by atoms with Gasteiger partial charge in [0.25, 0.3) is 0 Å². The first-order chi connectivity index (χ1) is 10.1. The highest BCUT2D eigenvalue weighted by Crippen LogP contribution is 2.28. The van der Waals surface area contributed by atoms with Gasteiger partial charge in [-0.25, -0.2) is 4.39 Å². The first kappa shape index (κ1) is 15.2. The van der Waals surface area contributed by atoms with Crippen LogP contribution in [0.5, 0.6) is 11.5 Å². The van der Waals surface area contributed by atoms with Crippen LogP contribution in [0, 0.1) is 12.7 Å². The molecule has 0 fully saturated rings. The lowest BCUT2D eigenvalue weighted by molar-refractivity contribution is 0.310. The maximum absolute atomic E-state index is 13.3. The molecule has 0 saturated heterocycles. The monoisotopic (exact) mass is 289 g/mol. The van der Waals surface area contributed by atoms with Gasteiger partial charge in [0, 0.05) is 12.2 Å². The number of ether oxygens (including phenoxy) is 2. The van der Waals surface area contributed by atoms with Crippen molar-refractivity contribution in [3.05, 3.63) is 53.3 Å². The summed E-state index contributed by atoms with van der Waals surface area (Å²) in [5.74, 6) is 1.19. The molecule has 3 nitrogen and oxygen atoms in total. The Morgan fingerprint density at radius 3 is 2.57 bits per heavy atom. The summed E-state index contributed by atoms with van der Waals surface area (Å²) in [6, 6.07) is 10.7. The lowest BCUT2D eigenvalue weighted by atomic mass is 10.1. The summed E-state index contributed by atoms with van der Waals surface area (Å²) < 4.78 is 24.1. The van der Waals surface area contributed by atoms with E-state index in [0.717, 1.165) is 22.6 Å². The van der Waals surface area contributed by atoms with Crippen molar-refractivity contribution in [1.29, 1.82) is 0 Å². The van der Waals surface area contributed by atoms with Crippen LogP contribution < -0.4 is 14.8 Å². The SMILES string of the molecule is CCOc1cc(CNc2cc(C)cc(F)c2)ccc1OC. The van der Waals surface area contributed by atoms with E-state index < -0.39 is 0 Å². The zero-order valence-electron chi connectivity index (χ0n) is 12.6. The zero-order valence-corrected chi connectivity index (χ0v) is 12.6. The minimum absolute atomic E-state index is 0.234. The van der Waals surface area contributed by atoms with Gasteiger partial charge in [0.05, 0.1) is 13.7 Å². The van der Waals surface area contributed by atoms with Gasteiger partial charge in [-0.2, -0.15) is 0 Å². The molecule has 0 aliphatic carbocycles. The summed E-state index contributed by atoms with van der Waals surface area (Å²) in [4.78, 5) is 0. The number of hydrogen-bond donors (Lipinski definition) is 1. The largest absolute Gasteiger partial charge is 0.493 e. The fourth-order valence-corrected chi connectivity index (χ4v) is 2.14. The standard InChI is InChI=1S/C17H20FNO2/c1-4-21-17-9-13(5-6-16(17)20-3)11-19-15-8-12(2)7-14(18)10-15/h5-10,19H,4,11H2,1-3H3. The maximum atomic E-state index is 13.3. The van der Waals surface area contributed by atoms with Crippen LogP contribution in [0.3, 0.4) is 0 Å². The van der Waals surface area contributed by atoms with E-state index in [2.05, 4.69) is 5.32 Å². The molecule has 0 saturated carbocycles. The number of halogens is 1. The Bertz CT molecular complexity index is 593. The van der Waals surface area contributed by atoms with E-state index in [0.29, 0.717) is 18.9 Å². The van der Waals surface area contributed by atoms with Crippen LogP contribution in [0.4, 0.5) is 10.1 Å². The quantitative estimate of drug-likeness (QED) is 0.866. The number of methoxy groups -OCH3 is 1. The molecule has 0 aromatic heterocycles. The normalized spacial score (nSPS) is 10.3. The van der Waals surface area contributed by atoms with Crippen LogP contribution in [-0.2, 0) is 6.54 Å². The van der Waals surface area contributed by atoms with E-state index in [9.17, 15) is 4.39 Å². The molecule has 0 amide bonds. The first-order valence-corrected chi connectivity index (χ1v) is 6.93. The van der Waals surface area contributed by atoms with Crippen molar-refractivity contribution in [2.24, 2.45) is 0 Å². The van der Waals surface area contributed by atoms with Crippen LogP contribution in [0.1, 0.15) is 18.1 Å². The van der Waals surface area contributed by atoms with Gasteiger partial charge in [0.15, 0.2) is 11.5 Å². The van der Waals surface area contributed by atoms with E-state index in [1.165, 1.54) is 12.1 Å². The number of nitrogens with one attached hydrogen (secondary N) is 1. The Morgan fingerprint density at radius 1 is 1.10 bits per heavy atom. The molecular weight excluding hydrogens is 269 g/mol. The summed E-state index contributed by atoms with van der Waals surface area (Å²) in [5.41, 5.74) is 2.70. The Hall–Kier alpha value is -2.23. The Labute approximate surface area is 124 Å². The van der Waals surface area contributed by atoms with Gasteiger partial charge in [-0.3, -0.25) is 0 Å². The summed E-state index contributed by atoms with van der Waals surface area (Å²) in [7, 11) is 1.62. The second-order valence-electron chi connectivity index (χ2n) is 4.79. The molecule has 2 aromatic carbocycles. The summed E-state index contributed by atoms with van der Waals surface area (Å²) in [5, 5.41) is 3.21. The molecule has 0 unspecified atom stereocenters. The van der Waals surface area contributed by atoms with Crippen molar-refractivity contribution in [2.75, 3.05) is 19.0 Å². The number of hydrogen-bond acceptors (Lipinski definition) is 3. The van der Waals surface area contributed by atoms with Gasteiger partial charge in [-0.15, -0.1) is 0 Å². The molecule has 1 N–H and O–H groups in total. The zero-order chi connectivity index (χ0) is 15.2. The van der Waals surface area contributed by atoms with Crippen LogP contribution in [0.25, 0.3) is 0 Å². The minimum Gasteiger partial charge on any atom is -0.493 e. The molecule has 0 radical (unpaired) electrons. The van der Waals surface area contributed by atoms with Crippen molar-refractivity contribution in [2.45, 2.75) is 20.4 Å². The molecule has 21 heavy (non-hydrogen) atoms. The molecule has 4 heteroatoms. The van der Waals surface area contributed by atoms with Crippen molar-refractivity contribution < 1.29 is 13.9 Å². The van der Waals surface area contributed by atoms with Gasteiger partial charge in [0.1, 0.15) is 5.82 Å². The predicted molar refractivity (Wildman–Crippen MR) is 82.6 cm³/mol. The second-order valence-corrected chi connectivity index (χ2v) is 4.79. The Kier molecular flexibility index (Phi) is 5.04. The van der Waals surface area contributed by atoms with E-state index in [4.69, 9.17) is 9.47 Å². The van der Waals surface area contributed by atoms with Gasteiger partial charge < -0.3 is 14.8 Å². The molecular formula is C17H20FNO2. The fraction of sp³-hybridized carbons (Fsp3) is 0.294. The van der Waals surface area contributed by atoms with Crippen LogP contribution in [0.2, 0.25) is 0 Å². The van der Waals surface area contributed by atoms with E-state index in [1.54, 1.807) is 7.11 Å². The van der Waals surface area contributed by atoms with E-state index >= 15 is 0 Å². The number of benzene rings is 2. The Balaban J connectivity index is 2.10. The highest BCUT2D eigenvalue weighted by molar-refractivity contribution is 5.48. The number of aryl methyl sites for hydroxylation is 1. The average molecular weight is 289 g/mol. The topological polar surface area (TPSA) is 30.5 Å². The first-order valence-electron chi connectivity index (χ1n) is 6.93. The molecule has 0 spiro atoms. The molecule has 2 aromatic rings. The van der Waals surface area contributed by atoms with Crippen molar-refractivity contribution in [1.82, 2.24) is 0 Å². The van der Waals surface area contributed by atoms with Gasteiger partial charge in [0.2, 0.25) is 0 Å². The smallest absolute Gasteiger partial charge is 0.161 e. The maximum Gasteiger partial charge on any atom is 0.161 e. The highest BCUT2D eigenvalue weighted by Gasteiger charge is 2.05. The van der Waals surface area contributed by atoms with E-state index in [1.807, 2.05) is 38.1 Å². The number of rotatable bonds is 6. The molecule has 0 aliphatic rings. The number of anilines is 1. The summed E-state index contributed by atoms with van der Waals surface area (Å²) in [6.45, 7) is 4.97. The van der Waals surface area contributed by atoms with Crippen LogP contribution >= 0.6 is 0 Å². The summed E-state index contributed by atoms with van der Waals surface area (Å²) >= 11 is 0. The molecule has 2 rings (SSSR count). The van der Waals surface area contributed by atoms with Gasteiger partial charge in [-0.1, -0.05) is 6.07 Å². The average Bonchev–Trinajstić information content (AvgIpc) is 2.45. The van der Waals surface area contributed by atoms with Gasteiger partial charge >= 0.3 is 0 Å². The Morgan fingerprint density at radius 2 is 1.90 bits per heavy atom. The fourth-order valence-electron chi connectivity index (χ4n) is 2.14. The highest BCUT2D eigenvalue weighted by atomic mass is 19.1. The third kappa shape index (κ3) is 4.12. The van der Waals surface area contributed by atoms with Gasteiger partial charge in [-0.05, 0) is 55.3 Å². The molecule has 0 aliphatic heterocycles. The lowest BCUT2D eigenvalue weighted by Gasteiger charge is -2.12. The van der Waals surface area contributed by atoms with Crippen molar-refractivity contribution in [3.8, 4) is 11.5 Å². The second kappa shape index (κ2) is 6.97. The minimum atomic E-state index is -0.234. The molecule has 112 valence electrons. The predicted octanol–water partition coefficient (Wildman–Crippen LogP) is 4.15. The van der Waals surface area contributed by atoms with Crippen molar-refractivity contribution >= 4 is 5.69 Å². The lowest BCUT2D eigenvalue weighted by Crippen LogP contribution is -2.02. The van der Waals surface area contributed by atoms with Crippen LogP contribution in [0.15, 0.2) is 36.4 Å². The van der Waals surface area contributed by atoms with Crippen LogP contribution in [-0.4, -0.2) is 13.7 Å². The molecule has 0 bridgehead atoms. The van der Waals surface area contributed by atoms with E-state index in [-0.39, 0.29) is 5.82 Å². The van der Waals surface area contributed by atoms with Crippen molar-refractivity contribution in [3.63, 3.8) is 0 Å². The third-order valence-corrected chi connectivity index (χ3v) is 3.07. The third-order valence-electron chi connectivity index (χ3n) is 3.07.